The number of benzene rings is 1. The zero-order valence-electron chi connectivity index (χ0n) is 10.8. The van der Waals surface area contributed by atoms with Crippen LogP contribution in [0, 0.1) is 0 Å². The van der Waals surface area contributed by atoms with Crippen molar-refractivity contribution < 1.29 is 14.3 Å². The first-order chi connectivity index (χ1) is 9.06. The Kier molecular flexibility index (Phi) is 2.69. The minimum absolute atomic E-state index is 0.0382. The summed E-state index contributed by atoms with van der Waals surface area (Å²) >= 11 is 0. The van der Waals surface area contributed by atoms with Crippen molar-refractivity contribution in [2.75, 3.05) is 5.32 Å². The van der Waals surface area contributed by atoms with Crippen molar-refractivity contribution in [3.63, 3.8) is 0 Å². The summed E-state index contributed by atoms with van der Waals surface area (Å²) in [7, 11) is 0. The number of rotatable bonds is 3. The third-order valence-corrected chi connectivity index (χ3v) is 3.75. The summed E-state index contributed by atoms with van der Waals surface area (Å²) in [5.41, 5.74) is 1.43. The van der Waals surface area contributed by atoms with E-state index in [4.69, 9.17) is 9.52 Å². The van der Waals surface area contributed by atoms with E-state index >= 15 is 0 Å². The van der Waals surface area contributed by atoms with Crippen molar-refractivity contribution in [3.8, 4) is 0 Å². The largest absolute Gasteiger partial charge is 0.478 e. The normalized spacial score (nSPS) is 17.7. The Balaban J connectivity index is 1.91. The molecule has 0 spiro atoms. The smallest absolute Gasteiger partial charge is 0.335 e. The number of carbonyl (C=O) groups is 1. The molecule has 19 heavy (non-hydrogen) atoms. The number of fused-ring (bicyclic) bond motifs is 1. The van der Waals surface area contributed by atoms with E-state index in [1.54, 1.807) is 6.07 Å². The lowest BCUT2D eigenvalue weighted by Gasteiger charge is -2.23. The number of oxazole rings is 1. The van der Waals surface area contributed by atoms with Crippen molar-refractivity contribution in [2.45, 2.75) is 38.1 Å². The molecule has 100 valence electrons. The molecule has 0 bridgehead atoms. The van der Waals surface area contributed by atoms with Crippen LogP contribution in [0.4, 0.5) is 6.01 Å². The molecular weight excluding hydrogens is 244 g/mol. The van der Waals surface area contributed by atoms with Gasteiger partial charge in [-0.1, -0.05) is 12.8 Å². The highest BCUT2D eigenvalue weighted by molar-refractivity contribution is 5.92. The van der Waals surface area contributed by atoms with Gasteiger partial charge in [-0.3, -0.25) is 0 Å². The van der Waals surface area contributed by atoms with E-state index in [0.29, 0.717) is 17.1 Å². The van der Waals surface area contributed by atoms with Crippen LogP contribution in [0.2, 0.25) is 0 Å². The van der Waals surface area contributed by atoms with Crippen molar-refractivity contribution in [3.05, 3.63) is 23.8 Å². The number of nitrogens with one attached hydrogen (secondary N) is 1. The van der Waals surface area contributed by atoms with Gasteiger partial charge in [-0.15, -0.1) is 0 Å². The molecule has 1 aliphatic carbocycles. The number of hydrogen-bond donors (Lipinski definition) is 2. The molecule has 3 rings (SSSR count). The number of hydrogen-bond acceptors (Lipinski definition) is 4. The van der Waals surface area contributed by atoms with Crippen LogP contribution >= 0.6 is 0 Å². The van der Waals surface area contributed by atoms with E-state index in [1.165, 1.54) is 25.0 Å². The number of carboxylic acid groups (broad SMARTS) is 1. The van der Waals surface area contributed by atoms with Gasteiger partial charge in [0.25, 0.3) is 6.01 Å². The van der Waals surface area contributed by atoms with Gasteiger partial charge in [0.2, 0.25) is 0 Å². The van der Waals surface area contributed by atoms with Gasteiger partial charge in [0.05, 0.1) is 5.56 Å². The molecule has 1 aromatic carbocycles. The van der Waals surface area contributed by atoms with Gasteiger partial charge in [0.1, 0.15) is 5.52 Å². The van der Waals surface area contributed by atoms with E-state index in [1.807, 2.05) is 0 Å². The van der Waals surface area contributed by atoms with E-state index in [0.717, 1.165) is 12.8 Å². The van der Waals surface area contributed by atoms with E-state index in [2.05, 4.69) is 17.2 Å². The van der Waals surface area contributed by atoms with E-state index in [9.17, 15) is 4.79 Å². The number of nitrogens with zero attached hydrogens (tertiary/aromatic N) is 1. The fourth-order valence-electron chi connectivity index (χ4n) is 2.65. The number of aromatic nitrogens is 1. The molecule has 1 aliphatic rings. The second-order valence-corrected chi connectivity index (χ2v) is 5.40. The SMILES string of the molecule is CC1(Nc2nc3ccc(C(=O)O)cc3o2)CCCC1. The first-order valence-electron chi connectivity index (χ1n) is 6.48. The maximum Gasteiger partial charge on any atom is 0.335 e. The first kappa shape index (κ1) is 12.0. The molecule has 0 aliphatic heterocycles. The average molecular weight is 260 g/mol. The first-order valence-corrected chi connectivity index (χ1v) is 6.48. The van der Waals surface area contributed by atoms with Crippen molar-refractivity contribution in [2.24, 2.45) is 0 Å². The Hall–Kier alpha value is -2.04. The molecule has 5 heteroatoms. The lowest BCUT2D eigenvalue weighted by Crippen LogP contribution is -2.30. The summed E-state index contributed by atoms with van der Waals surface area (Å²) in [4.78, 5) is 15.3. The van der Waals surface area contributed by atoms with Gasteiger partial charge < -0.3 is 14.8 Å². The van der Waals surface area contributed by atoms with Crippen LogP contribution in [0.25, 0.3) is 11.1 Å². The van der Waals surface area contributed by atoms with Gasteiger partial charge in [-0.2, -0.15) is 4.98 Å². The van der Waals surface area contributed by atoms with Crippen molar-refractivity contribution >= 4 is 23.1 Å². The molecule has 0 saturated heterocycles. The Bertz CT molecular complexity index is 627. The molecule has 1 aromatic heterocycles. The summed E-state index contributed by atoms with van der Waals surface area (Å²) in [5, 5.41) is 12.3. The highest BCUT2D eigenvalue weighted by Crippen LogP contribution is 2.33. The lowest BCUT2D eigenvalue weighted by atomic mass is 10.0. The second-order valence-electron chi connectivity index (χ2n) is 5.40. The van der Waals surface area contributed by atoms with Crippen LogP contribution < -0.4 is 5.32 Å². The summed E-state index contributed by atoms with van der Waals surface area (Å²) in [6.45, 7) is 2.16. The zero-order chi connectivity index (χ0) is 13.5. The quantitative estimate of drug-likeness (QED) is 0.885. The third-order valence-electron chi connectivity index (χ3n) is 3.75. The maximum atomic E-state index is 10.9. The predicted molar refractivity (Wildman–Crippen MR) is 71.5 cm³/mol. The molecule has 0 atom stereocenters. The van der Waals surface area contributed by atoms with Gasteiger partial charge in [-0.05, 0) is 38.0 Å². The van der Waals surface area contributed by atoms with Gasteiger partial charge >= 0.3 is 5.97 Å². The molecule has 0 amide bonds. The number of carboxylic acids is 1. The Morgan fingerprint density at radius 3 is 2.84 bits per heavy atom. The van der Waals surface area contributed by atoms with Gasteiger partial charge in [0, 0.05) is 5.54 Å². The summed E-state index contributed by atoms with van der Waals surface area (Å²) < 4.78 is 5.60. The third kappa shape index (κ3) is 2.28. The fraction of sp³-hybridized carbons (Fsp3) is 0.429. The summed E-state index contributed by atoms with van der Waals surface area (Å²) in [5.74, 6) is -0.962. The molecule has 1 saturated carbocycles. The number of anilines is 1. The molecule has 0 radical (unpaired) electrons. The molecule has 5 nitrogen and oxygen atoms in total. The average Bonchev–Trinajstić information content (AvgIpc) is 2.94. The van der Waals surface area contributed by atoms with Crippen LogP contribution in [0.5, 0.6) is 0 Å². The molecule has 2 N–H and O–H groups in total. The van der Waals surface area contributed by atoms with E-state index < -0.39 is 5.97 Å². The van der Waals surface area contributed by atoms with Crippen LogP contribution in [-0.4, -0.2) is 21.6 Å². The Morgan fingerprint density at radius 2 is 2.16 bits per heavy atom. The minimum atomic E-state index is -0.962. The van der Waals surface area contributed by atoms with Gasteiger partial charge in [-0.25, -0.2) is 4.79 Å². The highest BCUT2D eigenvalue weighted by atomic mass is 16.4. The molecule has 1 heterocycles. The summed E-state index contributed by atoms with van der Waals surface area (Å²) in [6, 6.07) is 5.19. The molecule has 2 aromatic rings. The molecule has 1 fully saturated rings. The van der Waals surface area contributed by atoms with Gasteiger partial charge in [0.15, 0.2) is 5.58 Å². The van der Waals surface area contributed by atoms with E-state index in [-0.39, 0.29) is 11.1 Å². The second kappa shape index (κ2) is 4.26. The number of aromatic carboxylic acids is 1. The van der Waals surface area contributed by atoms with Crippen LogP contribution in [0.1, 0.15) is 43.0 Å². The van der Waals surface area contributed by atoms with Crippen molar-refractivity contribution in [1.82, 2.24) is 4.98 Å². The Morgan fingerprint density at radius 1 is 1.42 bits per heavy atom. The molecule has 0 unspecified atom stereocenters. The van der Waals surface area contributed by atoms with Crippen LogP contribution in [-0.2, 0) is 0 Å². The van der Waals surface area contributed by atoms with Crippen molar-refractivity contribution in [1.29, 1.82) is 0 Å². The molecular formula is C14H16N2O3. The monoisotopic (exact) mass is 260 g/mol. The maximum absolute atomic E-state index is 10.9. The minimum Gasteiger partial charge on any atom is -0.478 e. The Labute approximate surface area is 110 Å². The summed E-state index contributed by atoms with van der Waals surface area (Å²) in [6.07, 6.45) is 4.64. The lowest BCUT2D eigenvalue weighted by molar-refractivity contribution is 0.0697. The van der Waals surface area contributed by atoms with Crippen LogP contribution in [0.3, 0.4) is 0 Å². The topological polar surface area (TPSA) is 75.4 Å². The predicted octanol–water partition coefficient (Wildman–Crippen LogP) is 3.27. The standard InChI is InChI=1S/C14H16N2O3/c1-14(6-2-3-7-14)16-13-15-10-5-4-9(12(17)18)8-11(10)19-13/h4-5,8H,2-3,6-7H2,1H3,(H,15,16)(H,17,18). The fourth-order valence-corrected chi connectivity index (χ4v) is 2.65. The van der Waals surface area contributed by atoms with Crippen LogP contribution in [0.15, 0.2) is 22.6 Å². The highest BCUT2D eigenvalue weighted by Gasteiger charge is 2.29. The zero-order valence-corrected chi connectivity index (χ0v) is 10.8.